The van der Waals surface area contributed by atoms with Gasteiger partial charge >= 0.3 is 6.01 Å². The van der Waals surface area contributed by atoms with Crippen LogP contribution in [0.1, 0.15) is 47.0 Å². The van der Waals surface area contributed by atoms with Crippen molar-refractivity contribution < 1.29 is 9.21 Å². The summed E-state index contributed by atoms with van der Waals surface area (Å²) in [4.78, 5) is 31.7. The van der Waals surface area contributed by atoms with Crippen LogP contribution < -0.4 is 10.6 Å². The van der Waals surface area contributed by atoms with Crippen LogP contribution in [0.3, 0.4) is 0 Å². The maximum atomic E-state index is 13.2. The van der Waals surface area contributed by atoms with Crippen LogP contribution in [0.5, 0.6) is 0 Å². The highest BCUT2D eigenvalue weighted by molar-refractivity contribution is 6.19. The predicted octanol–water partition coefficient (Wildman–Crippen LogP) is 4.87. The summed E-state index contributed by atoms with van der Waals surface area (Å²) in [6, 6.07) is 20.9. The number of aliphatic imine (C=N–C) groups is 1. The second kappa shape index (κ2) is 10.3. The van der Waals surface area contributed by atoms with Gasteiger partial charge in [0, 0.05) is 35.0 Å². The molecule has 42 heavy (non-hydrogen) atoms. The molecule has 0 saturated heterocycles. The molecule has 5 aromatic rings. The van der Waals surface area contributed by atoms with E-state index in [1.807, 2.05) is 54.6 Å². The fourth-order valence-corrected chi connectivity index (χ4v) is 4.80. The average molecular weight is 554 g/mol. The van der Waals surface area contributed by atoms with Crippen LogP contribution in [0.25, 0.3) is 22.7 Å². The Labute approximate surface area is 240 Å². The topological polar surface area (TPSA) is 155 Å². The van der Waals surface area contributed by atoms with Crippen LogP contribution in [-0.2, 0) is 4.79 Å². The number of nitriles is 1. The minimum absolute atomic E-state index is 0.0161. The van der Waals surface area contributed by atoms with Crippen LogP contribution in [-0.4, -0.2) is 42.9 Å². The molecule has 3 aromatic heterocycles. The predicted molar refractivity (Wildman–Crippen MR) is 155 cm³/mol. The zero-order chi connectivity index (χ0) is 28.6. The summed E-state index contributed by atoms with van der Waals surface area (Å²) in [6.07, 6.45) is 4.58. The van der Waals surface area contributed by atoms with E-state index in [0.717, 1.165) is 29.8 Å². The number of pyridine rings is 1. The van der Waals surface area contributed by atoms with Crippen LogP contribution in [0, 0.1) is 18.3 Å². The molecule has 11 nitrogen and oxygen atoms in total. The van der Waals surface area contributed by atoms with Crippen molar-refractivity contribution in [1.82, 2.24) is 25.1 Å². The fourth-order valence-electron chi connectivity index (χ4n) is 4.80. The van der Waals surface area contributed by atoms with E-state index in [1.165, 1.54) is 0 Å². The molecule has 204 valence electrons. The molecule has 2 N–H and O–H groups in total. The van der Waals surface area contributed by atoms with Gasteiger partial charge in [-0.25, -0.2) is 15.0 Å². The molecule has 2 aliphatic rings. The van der Waals surface area contributed by atoms with Crippen LogP contribution in [0.2, 0.25) is 0 Å². The number of carbonyl (C=O) groups excluding carboxylic acids is 1. The minimum Gasteiger partial charge on any atom is -0.403 e. The molecule has 1 fully saturated rings. The molecule has 1 amide bonds. The lowest BCUT2D eigenvalue weighted by Crippen LogP contribution is -2.32. The average Bonchev–Trinajstić information content (AvgIpc) is 3.79. The van der Waals surface area contributed by atoms with Gasteiger partial charge in [-0.15, -0.1) is 5.10 Å². The molecule has 0 bridgehead atoms. The Balaban J connectivity index is 1.24. The van der Waals surface area contributed by atoms with E-state index >= 15 is 0 Å². The Morgan fingerprint density at radius 1 is 0.976 bits per heavy atom. The number of amides is 1. The molecule has 1 aliphatic heterocycles. The third-order valence-electron chi connectivity index (χ3n) is 7.13. The molecule has 1 saturated carbocycles. The van der Waals surface area contributed by atoms with Crippen LogP contribution in [0.4, 0.5) is 11.7 Å². The second-order valence-electron chi connectivity index (χ2n) is 10.1. The highest BCUT2D eigenvalue weighted by atomic mass is 16.4. The van der Waals surface area contributed by atoms with Gasteiger partial charge in [-0.3, -0.25) is 9.78 Å². The van der Waals surface area contributed by atoms with Gasteiger partial charge in [0.1, 0.15) is 11.9 Å². The summed E-state index contributed by atoms with van der Waals surface area (Å²) >= 11 is 0. The highest BCUT2D eigenvalue weighted by Gasteiger charge is 2.29. The zero-order valence-corrected chi connectivity index (χ0v) is 22.4. The smallest absolute Gasteiger partial charge is 0.317 e. The first-order chi connectivity index (χ1) is 20.6. The lowest BCUT2D eigenvalue weighted by atomic mass is 10.0. The highest BCUT2D eigenvalue weighted by Crippen LogP contribution is 2.38. The maximum Gasteiger partial charge on any atom is 0.317 e. The van der Waals surface area contributed by atoms with E-state index < -0.39 is 6.17 Å². The summed E-state index contributed by atoms with van der Waals surface area (Å²) < 4.78 is 5.98. The molecule has 0 unspecified atom stereocenters. The number of fused-ring (bicyclic) bond motifs is 1. The molecule has 2 aromatic carbocycles. The lowest BCUT2D eigenvalue weighted by molar-refractivity contribution is -0.116. The number of aromatic nitrogens is 5. The lowest BCUT2D eigenvalue weighted by Gasteiger charge is -2.11. The number of nitrogens with one attached hydrogen (secondary N) is 2. The van der Waals surface area contributed by atoms with Crippen molar-refractivity contribution in [2.75, 3.05) is 10.6 Å². The van der Waals surface area contributed by atoms with E-state index in [9.17, 15) is 10.1 Å². The first-order valence-corrected chi connectivity index (χ1v) is 13.5. The van der Waals surface area contributed by atoms with Crippen molar-refractivity contribution in [3.63, 3.8) is 0 Å². The van der Waals surface area contributed by atoms with Gasteiger partial charge in [-0.2, -0.15) is 5.26 Å². The van der Waals surface area contributed by atoms with Crippen molar-refractivity contribution in [1.29, 1.82) is 5.26 Å². The summed E-state index contributed by atoms with van der Waals surface area (Å²) in [6.45, 7) is 1.76. The molecular formula is C31H23N9O2. The summed E-state index contributed by atoms with van der Waals surface area (Å²) in [5, 5.41) is 23.9. The number of para-hydroxylation sites is 1. The van der Waals surface area contributed by atoms with Crippen molar-refractivity contribution in [2.45, 2.75) is 31.8 Å². The van der Waals surface area contributed by atoms with E-state index in [4.69, 9.17) is 9.41 Å². The Morgan fingerprint density at radius 3 is 2.50 bits per heavy atom. The number of anilines is 2. The second-order valence-corrected chi connectivity index (χ2v) is 10.1. The van der Waals surface area contributed by atoms with Gasteiger partial charge in [0.25, 0.3) is 11.8 Å². The number of hydrogen-bond donors (Lipinski definition) is 2. The largest absolute Gasteiger partial charge is 0.403 e. The number of benzodiazepines with no additional fused rings is 1. The van der Waals surface area contributed by atoms with E-state index in [2.05, 4.69) is 41.9 Å². The molecule has 0 spiro atoms. The van der Waals surface area contributed by atoms with Gasteiger partial charge in [-0.1, -0.05) is 53.6 Å². The van der Waals surface area contributed by atoms with Gasteiger partial charge in [-0.05, 0) is 31.9 Å². The van der Waals surface area contributed by atoms with Gasteiger partial charge in [0.2, 0.25) is 6.17 Å². The molecule has 1 aliphatic carbocycles. The normalized spacial score (nSPS) is 16.0. The van der Waals surface area contributed by atoms with Crippen molar-refractivity contribution >= 4 is 23.3 Å². The number of benzene rings is 2. The van der Waals surface area contributed by atoms with Crippen molar-refractivity contribution in [2.24, 2.45) is 4.99 Å². The molecule has 0 radical (unpaired) electrons. The molecule has 1 atom stereocenters. The SMILES string of the molecule is Cc1nc(-c2cnc(C3CC3)nc2)c(-c2nnc(N[C@H]3N=C(c4ccccc4)c4ccccc4NC3=O)o2)cc1C#N. The number of rotatable bonds is 6. The Hall–Kier alpha value is -5.76. The van der Waals surface area contributed by atoms with Crippen molar-refractivity contribution in [3.05, 3.63) is 101 Å². The number of aryl methyl sites for hydroxylation is 1. The third kappa shape index (κ3) is 4.75. The van der Waals surface area contributed by atoms with Gasteiger partial charge in [0.15, 0.2) is 0 Å². The molecule has 11 heteroatoms. The van der Waals surface area contributed by atoms with Crippen LogP contribution in [0.15, 0.2) is 82.5 Å². The summed E-state index contributed by atoms with van der Waals surface area (Å²) in [5.74, 6) is 0.963. The summed E-state index contributed by atoms with van der Waals surface area (Å²) in [5.41, 5.74) is 5.48. The number of nitrogens with zero attached hydrogens (tertiary/aromatic N) is 7. The fraction of sp³-hybridized carbons (Fsp3) is 0.161. The summed E-state index contributed by atoms with van der Waals surface area (Å²) in [7, 11) is 0. The van der Waals surface area contributed by atoms with E-state index in [0.29, 0.717) is 45.4 Å². The quantitative estimate of drug-likeness (QED) is 0.299. The maximum absolute atomic E-state index is 13.2. The van der Waals surface area contributed by atoms with E-state index in [1.54, 1.807) is 25.4 Å². The zero-order valence-electron chi connectivity index (χ0n) is 22.4. The monoisotopic (exact) mass is 553 g/mol. The van der Waals surface area contributed by atoms with Crippen LogP contribution >= 0.6 is 0 Å². The molecule has 7 rings (SSSR count). The first-order valence-electron chi connectivity index (χ1n) is 13.5. The minimum atomic E-state index is -1.06. The number of hydrogen-bond acceptors (Lipinski definition) is 10. The number of carbonyl (C=O) groups is 1. The first kappa shape index (κ1) is 25.2. The molecular weight excluding hydrogens is 530 g/mol. The van der Waals surface area contributed by atoms with E-state index in [-0.39, 0.29) is 17.8 Å². The molecule has 4 heterocycles. The van der Waals surface area contributed by atoms with Gasteiger partial charge in [0.05, 0.1) is 33.9 Å². The third-order valence-corrected chi connectivity index (χ3v) is 7.13. The Bertz CT molecular complexity index is 1890. The van der Waals surface area contributed by atoms with Gasteiger partial charge < -0.3 is 15.1 Å². The standard InChI is InChI=1S/C31H23N9O2/c1-17-20(14-32)13-23(26(35-17)21-15-33-27(34-16-21)19-11-12-19)30-39-40-31(42-30)38-28-29(41)36-24-10-6-5-9-22(24)25(37-28)18-7-3-2-4-8-18/h2-10,13,15-16,19,28H,11-12H2,1H3,(H,36,41)(H,38,40)/t28-/m1/s1. The van der Waals surface area contributed by atoms with Crippen molar-refractivity contribution in [3.8, 4) is 28.8 Å². The Morgan fingerprint density at radius 2 is 1.74 bits per heavy atom. The Kier molecular flexibility index (Phi) is 6.20.